The van der Waals surface area contributed by atoms with Gasteiger partial charge in [0.15, 0.2) is 5.13 Å². The average Bonchev–Trinajstić information content (AvgIpc) is 3.36. The molecule has 0 radical (unpaired) electrons. The minimum absolute atomic E-state index is 0.00814. The predicted octanol–water partition coefficient (Wildman–Crippen LogP) is 5.55. The fourth-order valence-electron chi connectivity index (χ4n) is 4.21. The van der Waals surface area contributed by atoms with Crippen molar-refractivity contribution in [2.45, 2.75) is 19.9 Å². The quantitative estimate of drug-likeness (QED) is 0.240. The summed E-state index contributed by atoms with van der Waals surface area (Å²) in [4.78, 5) is 32.8. The number of aromatic nitrogens is 1. The van der Waals surface area contributed by atoms with Gasteiger partial charge in [-0.25, -0.2) is 4.98 Å². The standard InChI is InChI=1S/C27H22N2O4S/c1-15-8-11-17(12-9-15)24(30)22-23(18-6-4-5-7-20(18)33-3)29(26(32)25(22)31)27-28-19-13-10-16(2)14-21(19)34-27/h4-14,23,30H,1-3H3/t23-/m1/s1. The number of anilines is 1. The van der Waals surface area contributed by atoms with Gasteiger partial charge in [0, 0.05) is 11.1 Å². The Morgan fingerprint density at radius 3 is 2.44 bits per heavy atom. The van der Waals surface area contributed by atoms with Crippen LogP contribution in [0.5, 0.6) is 5.75 Å². The Labute approximate surface area is 200 Å². The average molecular weight is 471 g/mol. The van der Waals surface area contributed by atoms with E-state index in [0.29, 0.717) is 22.0 Å². The first kappa shape index (κ1) is 21.9. The fraction of sp³-hybridized carbons (Fsp3) is 0.148. The van der Waals surface area contributed by atoms with Crippen LogP contribution in [-0.2, 0) is 9.59 Å². The number of nitrogens with zero attached hydrogens (tertiary/aromatic N) is 2. The highest BCUT2D eigenvalue weighted by molar-refractivity contribution is 7.22. The Hall–Kier alpha value is -3.97. The molecule has 1 aromatic heterocycles. The van der Waals surface area contributed by atoms with Gasteiger partial charge >= 0.3 is 5.91 Å². The number of aryl methyl sites for hydroxylation is 2. The molecule has 0 spiro atoms. The van der Waals surface area contributed by atoms with Gasteiger partial charge in [-0.05, 0) is 37.6 Å². The monoisotopic (exact) mass is 470 g/mol. The summed E-state index contributed by atoms with van der Waals surface area (Å²) in [7, 11) is 1.53. The summed E-state index contributed by atoms with van der Waals surface area (Å²) in [6, 6.07) is 19.3. The third kappa shape index (κ3) is 3.54. The van der Waals surface area contributed by atoms with E-state index < -0.39 is 17.7 Å². The van der Waals surface area contributed by atoms with Crippen LogP contribution in [0.25, 0.3) is 16.0 Å². The van der Waals surface area contributed by atoms with Crippen molar-refractivity contribution in [1.29, 1.82) is 0 Å². The number of ketones is 1. The van der Waals surface area contributed by atoms with E-state index in [1.165, 1.54) is 23.3 Å². The molecule has 0 unspecified atom stereocenters. The number of rotatable bonds is 4. The predicted molar refractivity (Wildman–Crippen MR) is 133 cm³/mol. The molecule has 0 saturated carbocycles. The molecule has 0 aliphatic carbocycles. The summed E-state index contributed by atoms with van der Waals surface area (Å²) in [5, 5.41) is 11.6. The second kappa shape index (κ2) is 8.43. The number of aliphatic hydroxyl groups excluding tert-OH is 1. The van der Waals surface area contributed by atoms with Crippen LogP contribution < -0.4 is 9.64 Å². The van der Waals surface area contributed by atoms with Crippen LogP contribution in [-0.4, -0.2) is 28.9 Å². The maximum Gasteiger partial charge on any atom is 0.301 e. The van der Waals surface area contributed by atoms with Crippen LogP contribution in [0.2, 0.25) is 0 Å². The van der Waals surface area contributed by atoms with Gasteiger partial charge < -0.3 is 9.84 Å². The number of carbonyl (C=O) groups excluding carboxylic acids is 2. The number of hydrogen-bond donors (Lipinski definition) is 1. The van der Waals surface area contributed by atoms with Gasteiger partial charge in [-0.2, -0.15) is 0 Å². The number of benzene rings is 3. The third-order valence-corrected chi connectivity index (χ3v) is 6.96. The topological polar surface area (TPSA) is 79.7 Å². The molecule has 2 heterocycles. The molecule has 0 bridgehead atoms. The van der Waals surface area contributed by atoms with Crippen molar-refractivity contribution >= 4 is 44.1 Å². The largest absolute Gasteiger partial charge is 0.507 e. The third-order valence-electron chi connectivity index (χ3n) is 5.94. The zero-order valence-electron chi connectivity index (χ0n) is 18.9. The molecule has 7 heteroatoms. The summed E-state index contributed by atoms with van der Waals surface area (Å²) >= 11 is 1.33. The SMILES string of the molecule is COc1ccccc1[C@@H]1C(=C(O)c2ccc(C)cc2)C(=O)C(=O)N1c1nc2ccc(C)cc2s1. The number of carbonyl (C=O) groups is 2. The Morgan fingerprint density at radius 2 is 1.71 bits per heavy atom. The van der Waals surface area contributed by atoms with Gasteiger partial charge in [0.05, 0.1) is 22.9 Å². The van der Waals surface area contributed by atoms with E-state index >= 15 is 0 Å². The Balaban J connectivity index is 1.76. The van der Waals surface area contributed by atoms with E-state index in [9.17, 15) is 14.7 Å². The molecule has 1 atom stereocenters. The lowest BCUT2D eigenvalue weighted by Crippen LogP contribution is -2.29. The number of aliphatic hydroxyl groups is 1. The van der Waals surface area contributed by atoms with Crippen LogP contribution >= 0.6 is 11.3 Å². The van der Waals surface area contributed by atoms with Crippen LogP contribution in [0.4, 0.5) is 5.13 Å². The van der Waals surface area contributed by atoms with Crippen molar-refractivity contribution in [1.82, 2.24) is 4.98 Å². The Morgan fingerprint density at radius 1 is 1.00 bits per heavy atom. The molecule has 34 heavy (non-hydrogen) atoms. The van der Waals surface area contributed by atoms with E-state index in [4.69, 9.17) is 4.74 Å². The highest BCUT2D eigenvalue weighted by Crippen LogP contribution is 2.46. The Bertz CT molecular complexity index is 1470. The first-order chi connectivity index (χ1) is 16.4. The van der Waals surface area contributed by atoms with Gasteiger partial charge in [0.2, 0.25) is 0 Å². The zero-order chi connectivity index (χ0) is 24.0. The van der Waals surface area contributed by atoms with Crippen molar-refractivity contribution in [3.05, 3.63) is 94.6 Å². The first-order valence-corrected chi connectivity index (χ1v) is 11.6. The van der Waals surface area contributed by atoms with Gasteiger partial charge in [0.25, 0.3) is 5.78 Å². The number of methoxy groups -OCH3 is 1. The molecule has 4 aromatic rings. The number of hydrogen-bond acceptors (Lipinski definition) is 6. The number of thiazole rings is 1. The van der Waals surface area contributed by atoms with Crippen LogP contribution in [0.1, 0.15) is 28.3 Å². The Kier molecular flexibility index (Phi) is 5.42. The molecular weight excluding hydrogens is 448 g/mol. The minimum Gasteiger partial charge on any atom is -0.507 e. The molecule has 6 nitrogen and oxygen atoms in total. The summed E-state index contributed by atoms with van der Waals surface area (Å²) in [5.41, 5.74) is 3.89. The molecule has 1 aliphatic heterocycles. The van der Waals surface area contributed by atoms with E-state index in [-0.39, 0.29) is 11.3 Å². The van der Waals surface area contributed by atoms with Crippen LogP contribution in [0.3, 0.4) is 0 Å². The van der Waals surface area contributed by atoms with Gasteiger partial charge in [0.1, 0.15) is 17.6 Å². The summed E-state index contributed by atoms with van der Waals surface area (Å²) < 4.78 is 6.48. The van der Waals surface area contributed by atoms with Gasteiger partial charge in [-0.1, -0.05) is 65.4 Å². The van der Waals surface area contributed by atoms with Crippen LogP contribution in [0, 0.1) is 13.8 Å². The van der Waals surface area contributed by atoms with Crippen LogP contribution in [0.15, 0.2) is 72.3 Å². The molecule has 1 fully saturated rings. The highest BCUT2D eigenvalue weighted by atomic mass is 32.1. The van der Waals surface area contributed by atoms with E-state index in [1.807, 2.05) is 56.3 Å². The fourth-order valence-corrected chi connectivity index (χ4v) is 5.30. The number of fused-ring (bicyclic) bond motifs is 1. The lowest BCUT2D eigenvalue weighted by Gasteiger charge is -2.24. The van der Waals surface area contributed by atoms with Gasteiger partial charge in [-0.3, -0.25) is 14.5 Å². The molecule has 1 N–H and O–H groups in total. The van der Waals surface area contributed by atoms with Crippen molar-refractivity contribution in [2.24, 2.45) is 0 Å². The highest BCUT2D eigenvalue weighted by Gasteiger charge is 2.49. The van der Waals surface area contributed by atoms with E-state index in [2.05, 4.69) is 4.98 Å². The molecule has 170 valence electrons. The lowest BCUT2D eigenvalue weighted by molar-refractivity contribution is -0.132. The van der Waals surface area contributed by atoms with Crippen molar-refractivity contribution in [3.8, 4) is 5.75 Å². The number of Topliss-reactive ketones (excluding diaryl/α,β-unsaturated/α-hetero) is 1. The lowest BCUT2D eigenvalue weighted by atomic mass is 9.94. The summed E-state index contributed by atoms with van der Waals surface area (Å²) in [6.07, 6.45) is 0. The normalized spacial score (nSPS) is 17.5. The van der Waals surface area contributed by atoms with Gasteiger partial charge in [-0.15, -0.1) is 0 Å². The molecule has 1 saturated heterocycles. The smallest absolute Gasteiger partial charge is 0.301 e. The minimum atomic E-state index is -0.890. The molecule has 3 aromatic carbocycles. The number of amides is 1. The maximum absolute atomic E-state index is 13.4. The maximum atomic E-state index is 13.4. The first-order valence-electron chi connectivity index (χ1n) is 10.8. The number of ether oxygens (including phenoxy) is 1. The molecular formula is C27H22N2O4S. The zero-order valence-corrected chi connectivity index (χ0v) is 19.7. The molecule has 5 rings (SSSR count). The number of para-hydroxylation sites is 1. The summed E-state index contributed by atoms with van der Waals surface area (Å²) in [5.74, 6) is -1.22. The molecule has 1 amide bonds. The van der Waals surface area contributed by atoms with Crippen molar-refractivity contribution < 1.29 is 19.4 Å². The summed E-state index contributed by atoms with van der Waals surface area (Å²) in [6.45, 7) is 3.92. The van der Waals surface area contributed by atoms with E-state index in [0.717, 1.165) is 21.3 Å². The second-order valence-corrected chi connectivity index (χ2v) is 9.25. The van der Waals surface area contributed by atoms with Crippen molar-refractivity contribution in [3.63, 3.8) is 0 Å². The second-order valence-electron chi connectivity index (χ2n) is 8.24. The molecule has 1 aliphatic rings. The van der Waals surface area contributed by atoms with E-state index in [1.54, 1.807) is 24.3 Å². The van der Waals surface area contributed by atoms with Crippen molar-refractivity contribution in [2.75, 3.05) is 12.0 Å².